The first-order valence-electron chi connectivity index (χ1n) is 8.05. The van der Waals surface area contributed by atoms with Crippen molar-refractivity contribution >= 4 is 40.2 Å². The molecule has 24 heavy (non-hydrogen) atoms. The second-order valence-corrected chi connectivity index (χ2v) is 7.80. The maximum atomic E-state index is 12.4. The Morgan fingerprint density at radius 1 is 1.33 bits per heavy atom. The Hall–Kier alpha value is -1.54. The minimum absolute atomic E-state index is 0.00901. The van der Waals surface area contributed by atoms with Gasteiger partial charge in [0.05, 0.1) is 12.5 Å². The van der Waals surface area contributed by atoms with E-state index in [1.54, 1.807) is 21.1 Å². The summed E-state index contributed by atoms with van der Waals surface area (Å²) in [5.74, 6) is 0.192. The van der Waals surface area contributed by atoms with Crippen LogP contribution in [0.4, 0.5) is 4.79 Å². The average molecular weight is 368 g/mol. The molecule has 2 saturated heterocycles. The van der Waals surface area contributed by atoms with Crippen LogP contribution in [0.15, 0.2) is 17.5 Å². The van der Waals surface area contributed by atoms with E-state index in [1.807, 2.05) is 17.5 Å². The Morgan fingerprint density at radius 2 is 2.21 bits per heavy atom. The van der Waals surface area contributed by atoms with E-state index in [9.17, 15) is 14.4 Å². The van der Waals surface area contributed by atoms with Crippen LogP contribution in [0.2, 0.25) is 0 Å². The molecule has 130 valence electrons. The zero-order valence-electron chi connectivity index (χ0n) is 13.3. The molecule has 1 aromatic heterocycles. The van der Waals surface area contributed by atoms with E-state index in [0.717, 1.165) is 18.6 Å². The second-order valence-electron chi connectivity index (χ2n) is 5.77. The lowest BCUT2D eigenvalue weighted by molar-refractivity contribution is -0.152. The van der Waals surface area contributed by atoms with Gasteiger partial charge in [0.2, 0.25) is 0 Å². The first-order chi connectivity index (χ1) is 11.6. The van der Waals surface area contributed by atoms with Crippen LogP contribution in [0, 0.1) is 0 Å². The lowest BCUT2D eigenvalue weighted by atomic mass is 10.2. The molecule has 0 N–H and O–H groups in total. The smallest absolute Gasteiger partial charge is 0.308 e. The third-order valence-corrected chi connectivity index (χ3v) is 6.10. The Balaban J connectivity index is 1.43. The average Bonchev–Trinajstić information content (AvgIpc) is 3.30. The van der Waals surface area contributed by atoms with Crippen LogP contribution in [0.5, 0.6) is 0 Å². The van der Waals surface area contributed by atoms with Crippen molar-refractivity contribution in [2.75, 3.05) is 32.0 Å². The highest BCUT2D eigenvalue weighted by atomic mass is 32.2. The number of esters is 1. The summed E-state index contributed by atoms with van der Waals surface area (Å²) in [5.41, 5.74) is 0. The van der Waals surface area contributed by atoms with Crippen LogP contribution in [0.25, 0.3) is 0 Å². The summed E-state index contributed by atoms with van der Waals surface area (Å²) in [6, 6.07) is 4.13. The van der Waals surface area contributed by atoms with Gasteiger partial charge in [-0.15, -0.1) is 11.3 Å². The Labute approximate surface area is 149 Å². The van der Waals surface area contributed by atoms with E-state index < -0.39 is 5.97 Å². The number of carbonyl (C=O) groups excluding carboxylic acids is 3. The van der Waals surface area contributed by atoms with E-state index >= 15 is 0 Å². The highest BCUT2D eigenvalue weighted by molar-refractivity contribution is 8.13. The Bertz CT molecular complexity index is 605. The first kappa shape index (κ1) is 17.3. The molecule has 3 heterocycles. The van der Waals surface area contributed by atoms with Crippen LogP contribution >= 0.6 is 23.1 Å². The normalized spacial score (nSPS) is 20.7. The lowest BCUT2D eigenvalue weighted by Crippen LogP contribution is -2.34. The zero-order valence-corrected chi connectivity index (χ0v) is 14.9. The molecule has 2 amide bonds. The SMILES string of the molecule is O=C(CCN1CCSC1=O)OCC(=O)N1CCCC1c1cccs1. The summed E-state index contributed by atoms with van der Waals surface area (Å²) in [7, 11) is 0. The predicted octanol–water partition coefficient (Wildman–Crippen LogP) is 2.51. The monoisotopic (exact) mass is 368 g/mol. The number of thiophene rings is 1. The van der Waals surface area contributed by atoms with Gasteiger partial charge in [0.25, 0.3) is 11.1 Å². The number of ether oxygens (including phenoxy) is 1. The number of likely N-dealkylation sites (tertiary alicyclic amines) is 1. The molecular weight excluding hydrogens is 348 g/mol. The predicted molar refractivity (Wildman–Crippen MR) is 93.0 cm³/mol. The molecule has 1 atom stereocenters. The number of nitrogens with zero attached hydrogens (tertiary/aromatic N) is 2. The number of thioether (sulfide) groups is 1. The number of rotatable bonds is 6. The van der Waals surface area contributed by atoms with Crippen LogP contribution in [0.3, 0.4) is 0 Å². The maximum Gasteiger partial charge on any atom is 0.308 e. The maximum absolute atomic E-state index is 12.4. The van der Waals surface area contributed by atoms with Crippen molar-refractivity contribution in [2.45, 2.75) is 25.3 Å². The fraction of sp³-hybridized carbons (Fsp3) is 0.562. The molecule has 0 spiro atoms. The van der Waals surface area contributed by atoms with E-state index in [-0.39, 0.29) is 30.2 Å². The summed E-state index contributed by atoms with van der Waals surface area (Å²) < 4.78 is 5.11. The van der Waals surface area contributed by atoms with E-state index in [2.05, 4.69) is 0 Å². The van der Waals surface area contributed by atoms with E-state index in [1.165, 1.54) is 16.6 Å². The van der Waals surface area contributed by atoms with Crippen molar-refractivity contribution in [1.82, 2.24) is 9.80 Å². The van der Waals surface area contributed by atoms with Crippen LogP contribution in [-0.2, 0) is 14.3 Å². The molecular formula is C16H20N2O4S2. The molecule has 2 aliphatic rings. The fourth-order valence-corrected chi connectivity index (χ4v) is 4.72. The van der Waals surface area contributed by atoms with Gasteiger partial charge in [-0.25, -0.2) is 0 Å². The summed E-state index contributed by atoms with van der Waals surface area (Å²) in [6.45, 7) is 1.52. The largest absolute Gasteiger partial charge is 0.456 e. The number of hydrogen-bond donors (Lipinski definition) is 0. The topological polar surface area (TPSA) is 66.9 Å². The first-order valence-corrected chi connectivity index (χ1v) is 9.92. The third-order valence-electron chi connectivity index (χ3n) is 4.23. The molecule has 0 bridgehead atoms. The molecule has 0 radical (unpaired) electrons. The van der Waals surface area contributed by atoms with Crippen molar-refractivity contribution < 1.29 is 19.1 Å². The molecule has 1 aromatic rings. The molecule has 8 heteroatoms. The van der Waals surface area contributed by atoms with Crippen molar-refractivity contribution in [2.24, 2.45) is 0 Å². The zero-order chi connectivity index (χ0) is 16.9. The number of amides is 2. The van der Waals surface area contributed by atoms with Gasteiger partial charge in [-0.05, 0) is 24.3 Å². The summed E-state index contributed by atoms with van der Waals surface area (Å²) in [5, 5.41) is 2.02. The minimum Gasteiger partial charge on any atom is -0.456 e. The molecule has 2 fully saturated rings. The van der Waals surface area contributed by atoms with E-state index in [0.29, 0.717) is 19.6 Å². The van der Waals surface area contributed by atoms with Crippen molar-refractivity contribution in [1.29, 1.82) is 0 Å². The molecule has 3 rings (SSSR count). The van der Waals surface area contributed by atoms with Gasteiger partial charge in [-0.1, -0.05) is 17.8 Å². The van der Waals surface area contributed by atoms with Crippen LogP contribution in [0.1, 0.15) is 30.2 Å². The van der Waals surface area contributed by atoms with Crippen LogP contribution < -0.4 is 0 Å². The Morgan fingerprint density at radius 3 is 2.92 bits per heavy atom. The third kappa shape index (κ3) is 4.10. The fourth-order valence-electron chi connectivity index (χ4n) is 2.99. The van der Waals surface area contributed by atoms with Gasteiger partial charge in [0.15, 0.2) is 6.61 Å². The lowest BCUT2D eigenvalue weighted by Gasteiger charge is -2.23. The molecule has 0 aliphatic carbocycles. The van der Waals surface area contributed by atoms with Crippen LogP contribution in [-0.4, -0.2) is 58.9 Å². The van der Waals surface area contributed by atoms with Gasteiger partial charge in [-0.3, -0.25) is 14.4 Å². The summed E-state index contributed by atoms with van der Waals surface area (Å²) >= 11 is 2.91. The van der Waals surface area contributed by atoms with Gasteiger partial charge < -0.3 is 14.5 Å². The van der Waals surface area contributed by atoms with Gasteiger partial charge in [0.1, 0.15) is 0 Å². The number of hydrogen-bond acceptors (Lipinski definition) is 6. The van der Waals surface area contributed by atoms with Crippen molar-refractivity contribution in [3.63, 3.8) is 0 Å². The van der Waals surface area contributed by atoms with Gasteiger partial charge in [-0.2, -0.15) is 0 Å². The summed E-state index contributed by atoms with van der Waals surface area (Å²) in [4.78, 5) is 40.2. The highest BCUT2D eigenvalue weighted by Crippen LogP contribution is 2.34. The van der Waals surface area contributed by atoms with Crippen molar-refractivity contribution in [3.8, 4) is 0 Å². The molecule has 1 unspecified atom stereocenters. The van der Waals surface area contributed by atoms with E-state index in [4.69, 9.17) is 4.74 Å². The second kappa shape index (κ2) is 8.02. The summed E-state index contributed by atoms with van der Waals surface area (Å²) in [6.07, 6.45) is 2.06. The Kier molecular flexibility index (Phi) is 5.78. The molecule has 0 saturated carbocycles. The van der Waals surface area contributed by atoms with Crippen molar-refractivity contribution in [3.05, 3.63) is 22.4 Å². The van der Waals surface area contributed by atoms with Gasteiger partial charge >= 0.3 is 5.97 Å². The quantitative estimate of drug-likeness (QED) is 0.722. The van der Waals surface area contributed by atoms with Gasteiger partial charge in [0, 0.05) is 30.3 Å². The molecule has 2 aliphatic heterocycles. The minimum atomic E-state index is -0.431. The molecule has 0 aromatic carbocycles. The molecule has 6 nitrogen and oxygen atoms in total. The highest BCUT2D eigenvalue weighted by Gasteiger charge is 2.31. The standard InChI is InChI=1S/C16H20N2O4S2/c19-14(18-6-1-3-12(18)13-4-2-9-23-13)11-22-15(20)5-7-17-8-10-24-16(17)21/h2,4,9,12H,1,3,5-8,10-11H2. The number of carbonyl (C=O) groups is 3.